The highest BCUT2D eigenvalue weighted by molar-refractivity contribution is 5.80. The normalized spacial score (nSPS) is 11.0. The number of pyridine rings is 2. The Morgan fingerprint density at radius 1 is 1.07 bits per heavy atom. The van der Waals surface area contributed by atoms with Gasteiger partial charge >= 0.3 is 6.61 Å². The Balaban J connectivity index is 1.71. The number of rotatable bonds is 5. The second-order valence-corrected chi connectivity index (χ2v) is 6.15. The van der Waals surface area contributed by atoms with Crippen molar-refractivity contribution in [2.75, 3.05) is 0 Å². The van der Waals surface area contributed by atoms with Crippen molar-refractivity contribution in [2.45, 2.75) is 13.2 Å². The smallest absolute Gasteiger partial charge is 0.387 e. The molecule has 3 aromatic heterocycles. The monoisotopic (exact) mass is 395 g/mol. The topological polar surface area (TPSA) is 76.6 Å². The third-order valence-corrected chi connectivity index (χ3v) is 4.23. The van der Waals surface area contributed by atoms with Crippen molar-refractivity contribution in [3.8, 4) is 22.9 Å². The van der Waals surface area contributed by atoms with Gasteiger partial charge in [-0.1, -0.05) is 6.07 Å². The number of halogens is 3. The third kappa shape index (κ3) is 3.87. The zero-order chi connectivity index (χ0) is 20.4. The molecule has 0 radical (unpaired) electrons. The number of hydrogen-bond acceptors (Lipinski definition) is 5. The maximum absolute atomic E-state index is 13.7. The van der Waals surface area contributed by atoms with E-state index in [0.717, 1.165) is 11.6 Å². The molecule has 0 unspecified atom stereocenters. The summed E-state index contributed by atoms with van der Waals surface area (Å²) < 4.78 is 44.6. The molecule has 6 nitrogen and oxygen atoms in total. The lowest BCUT2D eigenvalue weighted by Crippen LogP contribution is -2.04. The number of alkyl halides is 2. The van der Waals surface area contributed by atoms with Crippen LogP contribution in [0.1, 0.15) is 11.1 Å². The lowest BCUT2D eigenvalue weighted by atomic mass is 10.1. The molecule has 0 aliphatic carbocycles. The molecule has 0 saturated carbocycles. The van der Waals surface area contributed by atoms with E-state index in [9.17, 15) is 13.2 Å². The van der Waals surface area contributed by atoms with Gasteiger partial charge in [0.15, 0.2) is 11.6 Å². The van der Waals surface area contributed by atoms with Gasteiger partial charge in [0.25, 0.3) is 0 Å². The molecule has 144 valence electrons. The summed E-state index contributed by atoms with van der Waals surface area (Å²) in [7, 11) is 0. The molecule has 0 aliphatic rings. The summed E-state index contributed by atoms with van der Waals surface area (Å²) in [6.45, 7) is -2.76. The predicted octanol–water partition coefficient (Wildman–Crippen LogP) is 4.15. The average molecular weight is 395 g/mol. The van der Waals surface area contributed by atoms with Gasteiger partial charge in [0.1, 0.15) is 11.6 Å². The second-order valence-electron chi connectivity index (χ2n) is 6.15. The first-order chi connectivity index (χ1) is 14.0. The molecule has 1 aromatic carbocycles. The fourth-order valence-electron chi connectivity index (χ4n) is 2.92. The van der Waals surface area contributed by atoms with Crippen molar-refractivity contribution in [3.05, 3.63) is 72.1 Å². The Hall–Kier alpha value is -3.93. The maximum atomic E-state index is 13.7. The van der Waals surface area contributed by atoms with Crippen LogP contribution in [-0.2, 0) is 6.54 Å². The van der Waals surface area contributed by atoms with Gasteiger partial charge in [0.2, 0.25) is 0 Å². The van der Waals surface area contributed by atoms with E-state index in [4.69, 9.17) is 5.26 Å². The number of nitriles is 1. The minimum absolute atomic E-state index is 0.361. The van der Waals surface area contributed by atoms with E-state index in [2.05, 4.69) is 19.8 Å². The van der Waals surface area contributed by atoms with E-state index in [1.54, 1.807) is 35.4 Å². The Labute approximate surface area is 162 Å². The molecule has 9 heteroatoms. The molecule has 0 spiro atoms. The highest BCUT2D eigenvalue weighted by Gasteiger charge is 2.13. The van der Waals surface area contributed by atoms with E-state index in [-0.39, 0.29) is 0 Å². The Kier molecular flexibility index (Phi) is 4.83. The third-order valence-electron chi connectivity index (χ3n) is 4.23. The fourth-order valence-corrected chi connectivity index (χ4v) is 2.92. The zero-order valence-corrected chi connectivity index (χ0v) is 14.8. The summed E-state index contributed by atoms with van der Waals surface area (Å²) in [5, 5.41) is 13.3. The molecular formula is C20H12F3N5O. The number of fused-ring (bicyclic) bond motifs is 1. The van der Waals surface area contributed by atoms with Crippen molar-refractivity contribution >= 4 is 11.0 Å². The molecule has 0 N–H and O–H groups in total. The molecule has 0 atom stereocenters. The summed E-state index contributed by atoms with van der Waals surface area (Å²) in [6.07, 6.45) is 6.25. The van der Waals surface area contributed by atoms with Crippen LogP contribution in [0.25, 0.3) is 22.2 Å². The van der Waals surface area contributed by atoms with Crippen LogP contribution in [0.15, 0.2) is 55.1 Å². The van der Waals surface area contributed by atoms with Crippen LogP contribution in [0.3, 0.4) is 0 Å². The van der Waals surface area contributed by atoms with Crippen molar-refractivity contribution in [1.29, 1.82) is 5.26 Å². The van der Waals surface area contributed by atoms with E-state index >= 15 is 0 Å². The molecule has 0 bridgehead atoms. The van der Waals surface area contributed by atoms with Crippen LogP contribution in [0.5, 0.6) is 5.75 Å². The molecule has 29 heavy (non-hydrogen) atoms. The number of aromatic nitrogens is 4. The lowest BCUT2D eigenvalue weighted by molar-refractivity contribution is -0.0521. The Morgan fingerprint density at radius 3 is 2.72 bits per heavy atom. The van der Waals surface area contributed by atoms with Gasteiger partial charge in [-0.25, -0.2) is 4.39 Å². The first-order valence-corrected chi connectivity index (χ1v) is 8.44. The van der Waals surface area contributed by atoms with Gasteiger partial charge in [-0.15, -0.1) is 0 Å². The summed E-state index contributed by atoms with van der Waals surface area (Å²) >= 11 is 0. The highest BCUT2D eigenvalue weighted by Crippen LogP contribution is 2.29. The van der Waals surface area contributed by atoms with Crippen molar-refractivity contribution in [1.82, 2.24) is 19.7 Å². The summed E-state index contributed by atoms with van der Waals surface area (Å²) in [5.41, 5.74) is 3.60. The van der Waals surface area contributed by atoms with Gasteiger partial charge in [0, 0.05) is 24.2 Å². The quantitative estimate of drug-likeness (QED) is 0.507. The summed E-state index contributed by atoms with van der Waals surface area (Å²) in [5.74, 6) is -1.41. The first-order valence-electron chi connectivity index (χ1n) is 8.44. The van der Waals surface area contributed by atoms with Gasteiger partial charge in [0.05, 0.1) is 23.8 Å². The number of benzene rings is 1. The molecule has 0 fully saturated rings. The van der Waals surface area contributed by atoms with Gasteiger partial charge in [-0.2, -0.15) is 19.1 Å². The summed E-state index contributed by atoms with van der Waals surface area (Å²) in [6, 6.07) is 9.24. The lowest BCUT2D eigenvalue weighted by Gasteiger charge is -2.09. The van der Waals surface area contributed by atoms with Crippen LogP contribution < -0.4 is 4.74 Å². The SMILES string of the molecule is N#Cc1cncc(Cn2ncc3ncc(-c4ccc(F)c(OC(F)F)c4)cc32)c1. The van der Waals surface area contributed by atoms with Gasteiger partial charge < -0.3 is 4.74 Å². The Bertz CT molecular complexity index is 1230. The molecule has 0 saturated heterocycles. The molecule has 0 amide bonds. The van der Waals surface area contributed by atoms with E-state index < -0.39 is 18.2 Å². The van der Waals surface area contributed by atoms with Crippen molar-refractivity contribution in [3.63, 3.8) is 0 Å². The summed E-state index contributed by atoms with van der Waals surface area (Å²) in [4.78, 5) is 8.37. The highest BCUT2D eigenvalue weighted by atomic mass is 19.3. The maximum Gasteiger partial charge on any atom is 0.387 e. The number of hydrogen-bond donors (Lipinski definition) is 0. The van der Waals surface area contributed by atoms with Crippen molar-refractivity contribution < 1.29 is 17.9 Å². The van der Waals surface area contributed by atoms with Crippen LogP contribution in [0.2, 0.25) is 0 Å². The second kappa shape index (κ2) is 7.59. The standard InChI is InChI=1S/C20H12F3N5O/c21-16-2-1-14(5-19(16)29-20(22)23)15-4-18-17(26-9-15)10-27-28(18)11-13-3-12(6-24)7-25-8-13/h1-5,7-10,20H,11H2. The predicted molar refractivity (Wildman–Crippen MR) is 97.6 cm³/mol. The molecule has 4 aromatic rings. The van der Waals surface area contributed by atoms with E-state index in [0.29, 0.717) is 34.3 Å². The van der Waals surface area contributed by atoms with Crippen LogP contribution >= 0.6 is 0 Å². The van der Waals surface area contributed by atoms with Crippen LogP contribution in [-0.4, -0.2) is 26.4 Å². The van der Waals surface area contributed by atoms with Gasteiger partial charge in [-0.05, 0) is 35.4 Å². The minimum atomic E-state index is -3.13. The number of nitrogens with zero attached hydrogens (tertiary/aromatic N) is 5. The average Bonchev–Trinajstić information content (AvgIpc) is 3.11. The van der Waals surface area contributed by atoms with Crippen LogP contribution in [0, 0.1) is 17.1 Å². The molecule has 0 aliphatic heterocycles. The zero-order valence-electron chi connectivity index (χ0n) is 14.8. The van der Waals surface area contributed by atoms with Crippen molar-refractivity contribution in [2.24, 2.45) is 0 Å². The van der Waals surface area contributed by atoms with E-state index in [1.807, 2.05) is 6.07 Å². The van der Waals surface area contributed by atoms with Gasteiger partial charge in [-0.3, -0.25) is 14.6 Å². The fraction of sp³-hybridized carbons (Fsp3) is 0.100. The first kappa shape index (κ1) is 18.4. The largest absolute Gasteiger partial charge is 0.432 e. The van der Waals surface area contributed by atoms with Crippen LogP contribution in [0.4, 0.5) is 13.2 Å². The Morgan fingerprint density at radius 2 is 1.93 bits per heavy atom. The number of ether oxygens (including phenoxy) is 1. The minimum Gasteiger partial charge on any atom is -0.432 e. The molecule has 3 heterocycles. The molecular weight excluding hydrogens is 383 g/mol. The van der Waals surface area contributed by atoms with E-state index in [1.165, 1.54) is 18.3 Å². The molecule has 4 rings (SSSR count).